The maximum Gasteiger partial charge on any atom is 0.272 e. The number of carbonyl (C=O) groups is 2. The number of nitrogens with zero attached hydrogens (tertiary/aromatic N) is 2. The van der Waals surface area contributed by atoms with Crippen LogP contribution in [0.1, 0.15) is 6.42 Å². The lowest BCUT2D eigenvalue weighted by atomic mass is 9.85. The number of fused-ring (bicyclic) bond motifs is 5. The number of amides is 2. The number of carbonyl (C=O) groups excluding carboxylic acids is 2. The van der Waals surface area contributed by atoms with E-state index in [2.05, 4.69) is 0 Å². The van der Waals surface area contributed by atoms with Gasteiger partial charge in [0.25, 0.3) is 5.69 Å². The third-order valence-corrected chi connectivity index (χ3v) is 5.21. The van der Waals surface area contributed by atoms with E-state index in [1.165, 1.54) is 0 Å². The Balaban J connectivity index is 1.82. The minimum atomic E-state index is -0.751. The van der Waals surface area contributed by atoms with Crippen molar-refractivity contribution in [2.24, 2.45) is 23.7 Å². The molecular formula is C15H10ClN2O5-. The number of halogens is 1. The highest BCUT2D eigenvalue weighted by atomic mass is 35.5. The van der Waals surface area contributed by atoms with Gasteiger partial charge in [-0.1, -0.05) is 29.5 Å². The van der Waals surface area contributed by atoms with E-state index in [9.17, 15) is 24.8 Å². The summed E-state index contributed by atoms with van der Waals surface area (Å²) in [6.45, 7) is 0. The van der Waals surface area contributed by atoms with Crippen molar-refractivity contribution in [3.63, 3.8) is 0 Å². The Bertz CT molecular complexity index is 775. The zero-order valence-corrected chi connectivity index (χ0v) is 12.4. The highest BCUT2D eigenvalue weighted by Gasteiger charge is 2.59. The van der Waals surface area contributed by atoms with Gasteiger partial charge in [0, 0.05) is 17.2 Å². The molecule has 1 saturated heterocycles. The SMILES string of the molecule is O=C1[C@@H]2[C@H](C(=O)N1c1cc([N+](=O)[O-])cc(Cl)c1[O-])[C@@H]1C=C[C@H]2C1. The smallest absolute Gasteiger partial charge is 0.272 e. The molecule has 1 aromatic carbocycles. The van der Waals surface area contributed by atoms with Gasteiger partial charge in [0.2, 0.25) is 11.8 Å². The first-order valence-corrected chi connectivity index (χ1v) is 7.49. The molecule has 7 nitrogen and oxygen atoms in total. The maximum absolute atomic E-state index is 12.7. The van der Waals surface area contributed by atoms with Crippen LogP contribution in [0, 0.1) is 33.8 Å². The summed E-state index contributed by atoms with van der Waals surface area (Å²) in [5.74, 6) is -2.65. The molecule has 0 radical (unpaired) electrons. The lowest BCUT2D eigenvalue weighted by molar-refractivity contribution is -0.385. The van der Waals surface area contributed by atoms with Crippen LogP contribution >= 0.6 is 11.6 Å². The molecule has 1 saturated carbocycles. The van der Waals surface area contributed by atoms with Crippen molar-refractivity contribution in [1.29, 1.82) is 0 Å². The monoisotopic (exact) mass is 333 g/mol. The molecule has 118 valence electrons. The fourth-order valence-corrected chi connectivity index (χ4v) is 4.18. The van der Waals surface area contributed by atoms with Crippen molar-refractivity contribution in [3.8, 4) is 5.75 Å². The molecule has 8 heteroatoms. The lowest BCUT2D eigenvalue weighted by Crippen LogP contribution is -2.33. The van der Waals surface area contributed by atoms with Gasteiger partial charge in [0.1, 0.15) is 0 Å². The van der Waals surface area contributed by atoms with Crippen molar-refractivity contribution < 1.29 is 19.6 Å². The number of anilines is 1. The second-order valence-corrected chi connectivity index (χ2v) is 6.45. The van der Waals surface area contributed by atoms with Crippen molar-refractivity contribution in [1.82, 2.24) is 0 Å². The Kier molecular flexibility index (Phi) is 2.81. The first kappa shape index (κ1) is 14.2. The Morgan fingerprint density at radius 3 is 2.22 bits per heavy atom. The average Bonchev–Trinajstić information content (AvgIpc) is 3.17. The van der Waals surface area contributed by atoms with Gasteiger partial charge in [-0.3, -0.25) is 24.6 Å². The first-order valence-electron chi connectivity index (χ1n) is 7.11. The van der Waals surface area contributed by atoms with Crippen molar-refractivity contribution in [2.45, 2.75) is 6.42 Å². The van der Waals surface area contributed by atoms with Gasteiger partial charge in [0.05, 0.1) is 22.4 Å². The topological polar surface area (TPSA) is 104 Å². The van der Waals surface area contributed by atoms with Crippen molar-refractivity contribution >= 4 is 34.8 Å². The van der Waals surface area contributed by atoms with Crippen LogP contribution in [0.2, 0.25) is 5.02 Å². The zero-order chi connectivity index (χ0) is 16.5. The quantitative estimate of drug-likeness (QED) is 0.354. The fraction of sp³-hybridized carbons (Fsp3) is 0.333. The van der Waals surface area contributed by atoms with Crippen LogP contribution < -0.4 is 10.0 Å². The summed E-state index contributed by atoms with van der Waals surface area (Å²) < 4.78 is 0. The Morgan fingerprint density at radius 2 is 1.70 bits per heavy atom. The normalized spacial score (nSPS) is 31.1. The minimum absolute atomic E-state index is 0.00396. The molecule has 0 N–H and O–H groups in total. The predicted molar refractivity (Wildman–Crippen MR) is 77.8 cm³/mol. The molecule has 23 heavy (non-hydrogen) atoms. The van der Waals surface area contributed by atoms with Gasteiger partial charge >= 0.3 is 0 Å². The van der Waals surface area contributed by atoms with Gasteiger partial charge in [-0.2, -0.15) is 0 Å². The summed E-state index contributed by atoms with van der Waals surface area (Å²) in [5.41, 5.74) is -0.753. The molecule has 4 atom stereocenters. The molecule has 2 aliphatic carbocycles. The van der Waals surface area contributed by atoms with Crippen LogP contribution in [0.5, 0.6) is 5.75 Å². The summed E-state index contributed by atoms with van der Waals surface area (Å²) in [5, 5.41) is 22.8. The molecule has 4 rings (SSSR count). The highest BCUT2D eigenvalue weighted by molar-refractivity contribution is 6.33. The first-order chi connectivity index (χ1) is 10.9. The van der Waals surface area contributed by atoms with E-state index in [-0.39, 0.29) is 22.5 Å². The van der Waals surface area contributed by atoms with E-state index in [0.29, 0.717) is 0 Å². The molecule has 2 bridgehead atoms. The van der Waals surface area contributed by atoms with Crippen LogP contribution in [0.3, 0.4) is 0 Å². The largest absolute Gasteiger partial charge is 0.870 e. The maximum atomic E-state index is 12.7. The number of nitro groups is 1. The van der Waals surface area contributed by atoms with Crippen LogP contribution in [-0.4, -0.2) is 16.7 Å². The third kappa shape index (κ3) is 1.77. The molecule has 2 fully saturated rings. The molecule has 0 aromatic heterocycles. The summed E-state index contributed by atoms with van der Waals surface area (Å²) in [7, 11) is 0. The number of hydrogen-bond donors (Lipinski definition) is 0. The number of hydrogen-bond acceptors (Lipinski definition) is 5. The van der Waals surface area contributed by atoms with E-state index < -0.39 is 40.0 Å². The molecule has 0 spiro atoms. The molecule has 2 amide bonds. The Morgan fingerprint density at radius 1 is 1.13 bits per heavy atom. The summed E-state index contributed by atoms with van der Waals surface area (Å²) in [6, 6.07) is 1.87. The number of allylic oxidation sites excluding steroid dienone is 2. The molecular weight excluding hydrogens is 324 g/mol. The number of imide groups is 1. The fourth-order valence-electron chi connectivity index (χ4n) is 3.98. The molecule has 0 unspecified atom stereocenters. The second-order valence-electron chi connectivity index (χ2n) is 6.04. The molecule has 1 aromatic rings. The van der Waals surface area contributed by atoms with E-state index in [1.54, 1.807) is 0 Å². The molecule has 3 aliphatic rings. The van der Waals surface area contributed by atoms with E-state index in [1.807, 2.05) is 12.2 Å². The van der Waals surface area contributed by atoms with Crippen LogP contribution in [0.15, 0.2) is 24.3 Å². The predicted octanol–water partition coefficient (Wildman–Crippen LogP) is 1.63. The van der Waals surface area contributed by atoms with Gasteiger partial charge in [-0.15, -0.1) is 0 Å². The number of benzene rings is 1. The van der Waals surface area contributed by atoms with E-state index in [4.69, 9.17) is 11.6 Å². The lowest BCUT2D eigenvalue weighted by Gasteiger charge is -2.23. The van der Waals surface area contributed by atoms with Crippen molar-refractivity contribution in [3.05, 3.63) is 39.4 Å². The second kappa shape index (κ2) is 4.55. The summed E-state index contributed by atoms with van der Waals surface area (Å²) in [4.78, 5) is 36.3. The van der Waals surface area contributed by atoms with Gasteiger partial charge in [0.15, 0.2) is 0 Å². The van der Waals surface area contributed by atoms with E-state index >= 15 is 0 Å². The van der Waals surface area contributed by atoms with Gasteiger partial charge in [-0.25, -0.2) is 0 Å². The van der Waals surface area contributed by atoms with Gasteiger partial charge in [-0.05, 0) is 18.3 Å². The van der Waals surface area contributed by atoms with Crippen LogP contribution in [0.25, 0.3) is 0 Å². The highest BCUT2D eigenvalue weighted by Crippen LogP contribution is 2.54. The van der Waals surface area contributed by atoms with Crippen LogP contribution in [-0.2, 0) is 9.59 Å². The summed E-state index contributed by atoms with van der Waals surface area (Å²) >= 11 is 5.75. The van der Waals surface area contributed by atoms with Crippen molar-refractivity contribution in [2.75, 3.05) is 4.90 Å². The average molecular weight is 334 g/mol. The Hall–Kier alpha value is -2.41. The number of non-ortho nitro benzene ring substituents is 1. The standard InChI is InChI=1S/C15H11ClN2O5/c16-9-4-8(18(22)23)5-10(13(9)19)17-14(20)11-6-1-2-7(3-6)12(11)15(17)21/h1-2,4-7,11-12,19H,3H2/p-1/t6-,7+,11-,12+. The van der Waals surface area contributed by atoms with Gasteiger partial charge < -0.3 is 5.11 Å². The Labute approximate surface area is 135 Å². The zero-order valence-electron chi connectivity index (χ0n) is 11.6. The minimum Gasteiger partial charge on any atom is -0.870 e. The number of nitro benzene ring substituents is 1. The summed E-state index contributed by atoms with van der Waals surface area (Å²) in [6.07, 6.45) is 4.62. The third-order valence-electron chi connectivity index (χ3n) is 4.93. The van der Waals surface area contributed by atoms with E-state index in [0.717, 1.165) is 23.5 Å². The number of rotatable bonds is 2. The van der Waals surface area contributed by atoms with Crippen LogP contribution in [0.4, 0.5) is 11.4 Å². The molecule has 1 aliphatic heterocycles. The molecule has 1 heterocycles.